The van der Waals surface area contributed by atoms with E-state index in [2.05, 4.69) is 20.8 Å². The Hall–Kier alpha value is -2.64. The highest BCUT2D eigenvalue weighted by molar-refractivity contribution is 6.04. The Balaban J connectivity index is 1.91. The number of amides is 1. The highest BCUT2D eigenvalue weighted by Gasteiger charge is 2.43. The summed E-state index contributed by atoms with van der Waals surface area (Å²) in [6.45, 7) is 11.8. The highest BCUT2D eigenvalue weighted by atomic mass is 16.6. The Labute approximate surface area is 189 Å². The van der Waals surface area contributed by atoms with E-state index >= 15 is 0 Å². The number of nitro groups is 1. The first-order valence-electron chi connectivity index (χ1n) is 11.5. The zero-order valence-corrected chi connectivity index (χ0v) is 19.7. The van der Waals surface area contributed by atoms with Crippen molar-refractivity contribution in [3.05, 3.63) is 28.3 Å². The molecule has 1 saturated carbocycles. The molecule has 5 unspecified atom stereocenters. The van der Waals surface area contributed by atoms with E-state index in [-0.39, 0.29) is 29.3 Å². The molecule has 1 fully saturated rings. The van der Waals surface area contributed by atoms with Crippen LogP contribution in [0.25, 0.3) is 0 Å². The lowest BCUT2D eigenvalue weighted by Gasteiger charge is -2.40. The van der Waals surface area contributed by atoms with Crippen LogP contribution in [0.15, 0.2) is 18.2 Å². The van der Waals surface area contributed by atoms with Crippen LogP contribution in [0, 0.1) is 33.8 Å². The zero-order chi connectivity index (χ0) is 23.7. The largest absolute Gasteiger partial charge is 0.478 e. The van der Waals surface area contributed by atoms with E-state index in [0.29, 0.717) is 17.6 Å². The number of nitro benzene ring substituents is 1. The smallest absolute Gasteiger partial charge is 0.329 e. The van der Waals surface area contributed by atoms with Crippen molar-refractivity contribution in [1.29, 1.82) is 0 Å². The number of rotatable bonds is 6. The number of carbonyl (C=O) groups is 2. The number of benzene rings is 1. The molecule has 0 radical (unpaired) electrons. The van der Waals surface area contributed by atoms with Crippen molar-refractivity contribution in [2.45, 2.75) is 79.1 Å². The third kappa shape index (κ3) is 4.74. The fourth-order valence-electron chi connectivity index (χ4n) is 4.77. The fourth-order valence-corrected chi connectivity index (χ4v) is 4.77. The molecule has 3 rings (SSSR count). The molecule has 0 saturated heterocycles. The van der Waals surface area contributed by atoms with Crippen LogP contribution in [-0.2, 0) is 14.3 Å². The normalized spacial score (nSPS) is 26.5. The van der Waals surface area contributed by atoms with E-state index in [1.165, 1.54) is 23.1 Å². The van der Waals surface area contributed by atoms with E-state index in [4.69, 9.17) is 9.47 Å². The van der Waals surface area contributed by atoms with Crippen LogP contribution >= 0.6 is 0 Å². The lowest BCUT2D eigenvalue weighted by molar-refractivity contribution is -0.384. The summed E-state index contributed by atoms with van der Waals surface area (Å²) >= 11 is 0. The summed E-state index contributed by atoms with van der Waals surface area (Å²) in [5.74, 6) is 0.450. The van der Waals surface area contributed by atoms with Gasteiger partial charge < -0.3 is 9.47 Å². The van der Waals surface area contributed by atoms with Crippen molar-refractivity contribution in [2.75, 3.05) is 4.90 Å². The molecule has 1 aliphatic carbocycles. The van der Waals surface area contributed by atoms with Gasteiger partial charge >= 0.3 is 5.97 Å². The Bertz CT molecular complexity index is 883. The molecular weight excluding hydrogens is 412 g/mol. The molecule has 1 heterocycles. The molecule has 0 spiro atoms. The van der Waals surface area contributed by atoms with Crippen LogP contribution in [0.1, 0.15) is 60.8 Å². The standard InChI is InChI=1S/C24H34N2O6/c1-13(2)18-9-7-15(5)11-21(18)32-24(28)16(6)25-19-12-17(26(29)30)8-10-20(19)31-22(14(3)4)23(25)27/h8,10,12-16,18,21-22H,7,9,11H2,1-6H3. The van der Waals surface area contributed by atoms with E-state index in [9.17, 15) is 19.7 Å². The third-order valence-corrected chi connectivity index (χ3v) is 6.71. The summed E-state index contributed by atoms with van der Waals surface area (Å²) in [6.07, 6.45) is 1.94. The van der Waals surface area contributed by atoms with Crippen molar-refractivity contribution in [3.8, 4) is 5.75 Å². The maximum absolute atomic E-state index is 13.3. The number of esters is 1. The number of nitrogens with zero attached hydrogens (tertiary/aromatic N) is 2. The fraction of sp³-hybridized carbons (Fsp3) is 0.667. The average molecular weight is 447 g/mol. The van der Waals surface area contributed by atoms with E-state index in [0.717, 1.165) is 19.3 Å². The first-order chi connectivity index (χ1) is 15.0. The second-order valence-electron chi connectivity index (χ2n) is 9.88. The minimum absolute atomic E-state index is 0.138. The van der Waals surface area contributed by atoms with Crippen LogP contribution in [-0.4, -0.2) is 35.0 Å². The SMILES string of the molecule is CC1CCC(C(C)C)C(OC(=O)C(C)N2C(=O)C(C(C)C)Oc3ccc([N+](=O)[O-])cc32)C1. The first kappa shape index (κ1) is 24.0. The molecule has 0 N–H and O–H groups in total. The van der Waals surface area contributed by atoms with Crippen LogP contribution < -0.4 is 9.64 Å². The number of anilines is 1. The van der Waals surface area contributed by atoms with Crippen LogP contribution in [0.4, 0.5) is 11.4 Å². The predicted octanol–water partition coefficient (Wildman–Crippen LogP) is 4.74. The van der Waals surface area contributed by atoms with Gasteiger partial charge in [-0.2, -0.15) is 0 Å². The summed E-state index contributed by atoms with van der Waals surface area (Å²) in [5.41, 5.74) is 0.0534. The van der Waals surface area contributed by atoms with Gasteiger partial charge in [0.2, 0.25) is 0 Å². The number of hydrogen-bond acceptors (Lipinski definition) is 6. The number of fused-ring (bicyclic) bond motifs is 1. The number of carbonyl (C=O) groups excluding carboxylic acids is 2. The van der Waals surface area contributed by atoms with Crippen molar-refractivity contribution in [3.63, 3.8) is 0 Å². The molecule has 1 amide bonds. The summed E-state index contributed by atoms with van der Waals surface area (Å²) < 4.78 is 11.8. The van der Waals surface area contributed by atoms with Crippen molar-refractivity contribution in [2.24, 2.45) is 23.7 Å². The van der Waals surface area contributed by atoms with Gasteiger partial charge in [-0.05, 0) is 49.5 Å². The van der Waals surface area contributed by atoms with Crippen molar-refractivity contribution in [1.82, 2.24) is 0 Å². The quantitative estimate of drug-likeness (QED) is 0.356. The molecule has 0 bridgehead atoms. The van der Waals surface area contributed by atoms with Crippen molar-refractivity contribution >= 4 is 23.3 Å². The highest BCUT2D eigenvalue weighted by Crippen LogP contribution is 2.40. The van der Waals surface area contributed by atoms with E-state index in [1.54, 1.807) is 6.92 Å². The number of ether oxygens (including phenoxy) is 2. The molecule has 32 heavy (non-hydrogen) atoms. The topological polar surface area (TPSA) is 99.0 Å². The Morgan fingerprint density at radius 1 is 1.19 bits per heavy atom. The monoisotopic (exact) mass is 446 g/mol. The maximum Gasteiger partial charge on any atom is 0.329 e. The summed E-state index contributed by atoms with van der Waals surface area (Å²) in [6, 6.07) is 3.17. The lowest BCUT2D eigenvalue weighted by Crippen LogP contribution is -2.55. The van der Waals surface area contributed by atoms with Crippen LogP contribution in [0.5, 0.6) is 5.75 Å². The molecular formula is C24H34N2O6. The molecule has 176 valence electrons. The molecule has 1 aromatic rings. The summed E-state index contributed by atoms with van der Waals surface area (Å²) in [5, 5.41) is 11.3. The van der Waals surface area contributed by atoms with Gasteiger partial charge in [0, 0.05) is 12.1 Å². The van der Waals surface area contributed by atoms with Crippen LogP contribution in [0.3, 0.4) is 0 Å². The molecule has 0 aromatic heterocycles. The van der Waals surface area contributed by atoms with Gasteiger partial charge in [-0.3, -0.25) is 19.8 Å². The summed E-state index contributed by atoms with van der Waals surface area (Å²) in [7, 11) is 0. The summed E-state index contributed by atoms with van der Waals surface area (Å²) in [4.78, 5) is 38.6. The molecule has 1 aliphatic heterocycles. The van der Waals surface area contributed by atoms with E-state index in [1.807, 2.05) is 13.8 Å². The molecule has 8 heteroatoms. The molecule has 2 aliphatic rings. The predicted molar refractivity (Wildman–Crippen MR) is 121 cm³/mol. The Morgan fingerprint density at radius 2 is 1.88 bits per heavy atom. The van der Waals surface area contributed by atoms with Crippen molar-refractivity contribution < 1.29 is 24.0 Å². The van der Waals surface area contributed by atoms with Crippen LogP contribution in [0.2, 0.25) is 0 Å². The third-order valence-electron chi connectivity index (χ3n) is 6.71. The molecule has 1 aromatic carbocycles. The van der Waals surface area contributed by atoms with Gasteiger partial charge in [0.15, 0.2) is 6.10 Å². The Morgan fingerprint density at radius 3 is 2.47 bits per heavy atom. The minimum Gasteiger partial charge on any atom is -0.478 e. The second kappa shape index (κ2) is 9.46. The average Bonchev–Trinajstić information content (AvgIpc) is 2.71. The van der Waals surface area contributed by atoms with E-state index < -0.39 is 28.9 Å². The number of non-ortho nitro benzene ring substituents is 1. The van der Waals surface area contributed by atoms with Gasteiger partial charge in [-0.1, -0.05) is 41.0 Å². The maximum atomic E-state index is 13.3. The van der Waals surface area contributed by atoms with Gasteiger partial charge in [0.05, 0.1) is 10.6 Å². The Kier molecular flexibility index (Phi) is 7.10. The molecule has 8 nitrogen and oxygen atoms in total. The van der Waals surface area contributed by atoms with Gasteiger partial charge in [0.1, 0.15) is 17.9 Å². The zero-order valence-electron chi connectivity index (χ0n) is 19.7. The lowest BCUT2D eigenvalue weighted by atomic mass is 9.75. The molecule has 5 atom stereocenters. The first-order valence-corrected chi connectivity index (χ1v) is 11.5. The van der Waals surface area contributed by atoms with Gasteiger partial charge in [-0.25, -0.2) is 4.79 Å². The minimum atomic E-state index is -0.932. The second-order valence-corrected chi connectivity index (χ2v) is 9.88. The van der Waals surface area contributed by atoms with Gasteiger partial charge in [0.25, 0.3) is 11.6 Å². The number of hydrogen-bond donors (Lipinski definition) is 0. The van der Waals surface area contributed by atoms with Gasteiger partial charge in [-0.15, -0.1) is 0 Å².